The predicted molar refractivity (Wildman–Crippen MR) is 124 cm³/mol. The number of hydrogen-bond donors (Lipinski definition) is 2. The van der Waals surface area contributed by atoms with E-state index in [1.807, 2.05) is 0 Å². The summed E-state index contributed by atoms with van der Waals surface area (Å²) in [5.74, 6) is -1.27. The Hall–Kier alpha value is -3.82. The highest BCUT2D eigenvalue weighted by molar-refractivity contribution is 6.31. The van der Waals surface area contributed by atoms with Crippen molar-refractivity contribution in [2.45, 2.75) is 6.54 Å². The van der Waals surface area contributed by atoms with E-state index >= 15 is 0 Å². The lowest BCUT2D eigenvalue weighted by Gasteiger charge is -2.18. The maximum absolute atomic E-state index is 13.1. The summed E-state index contributed by atoms with van der Waals surface area (Å²) in [6.45, 7) is 0.160. The lowest BCUT2D eigenvalue weighted by Crippen LogP contribution is -2.30. The van der Waals surface area contributed by atoms with Gasteiger partial charge in [0.1, 0.15) is 5.82 Å². The molecule has 0 aromatic heterocycles. The third kappa shape index (κ3) is 6.58. The van der Waals surface area contributed by atoms with Crippen LogP contribution in [-0.4, -0.2) is 35.2 Å². The molecule has 0 saturated heterocycles. The summed E-state index contributed by atoms with van der Waals surface area (Å²) in [6, 6.07) is 15.9. The summed E-state index contributed by atoms with van der Waals surface area (Å²) in [4.78, 5) is 37.3. The van der Waals surface area contributed by atoms with Gasteiger partial charge < -0.3 is 10.6 Å². The fraction of sp³-hybridized carbons (Fsp3) is 0.130. The Labute approximate surface area is 194 Å². The second-order valence-electron chi connectivity index (χ2n) is 7.26. The lowest BCUT2D eigenvalue weighted by atomic mass is 10.1. The monoisotopic (exact) mass is 470 g/mol. The Bertz CT molecular complexity index is 1190. The van der Waals surface area contributed by atoms with E-state index < -0.39 is 16.6 Å². The number of hydrogen-bond acceptors (Lipinski definition) is 5. The van der Waals surface area contributed by atoms with Gasteiger partial charge in [-0.15, -0.1) is 0 Å². The molecule has 170 valence electrons. The van der Waals surface area contributed by atoms with E-state index in [9.17, 15) is 24.1 Å². The van der Waals surface area contributed by atoms with Crippen molar-refractivity contribution < 1.29 is 18.9 Å². The first-order valence-corrected chi connectivity index (χ1v) is 10.2. The maximum atomic E-state index is 13.1. The molecule has 3 rings (SSSR count). The predicted octanol–water partition coefficient (Wildman–Crippen LogP) is 4.71. The Balaban J connectivity index is 1.65. The molecule has 0 spiro atoms. The summed E-state index contributed by atoms with van der Waals surface area (Å²) in [7, 11) is 1.67. The van der Waals surface area contributed by atoms with Crippen LogP contribution in [-0.2, 0) is 11.3 Å². The third-order valence-corrected chi connectivity index (χ3v) is 5.01. The van der Waals surface area contributed by atoms with Gasteiger partial charge >= 0.3 is 0 Å². The number of nitrogens with zero attached hydrogens (tertiary/aromatic N) is 2. The van der Waals surface area contributed by atoms with Crippen LogP contribution < -0.4 is 10.6 Å². The molecule has 3 aromatic carbocycles. The van der Waals surface area contributed by atoms with Crippen molar-refractivity contribution in [3.05, 3.63) is 98.8 Å². The van der Waals surface area contributed by atoms with Crippen LogP contribution in [0.1, 0.15) is 15.9 Å². The number of para-hydroxylation sites is 1. The van der Waals surface area contributed by atoms with Crippen molar-refractivity contribution in [3.8, 4) is 0 Å². The number of carbonyl (C=O) groups is 2. The van der Waals surface area contributed by atoms with Crippen LogP contribution in [0.4, 0.5) is 21.5 Å². The molecule has 0 aliphatic rings. The van der Waals surface area contributed by atoms with Crippen LogP contribution in [0.3, 0.4) is 0 Å². The summed E-state index contributed by atoms with van der Waals surface area (Å²) in [5, 5.41) is 16.7. The third-order valence-electron chi connectivity index (χ3n) is 4.64. The summed E-state index contributed by atoms with van der Waals surface area (Å²) in [5.41, 5.74) is 1.38. The van der Waals surface area contributed by atoms with Crippen LogP contribution in [0.15, 0.2) is 66.7 Å². The zero-order valence-electron chi connectivity index (χ0n) is 17.5. The number of halogens is 2. The van der Waals surface area contributed by atoms with Gasteiger partial charge in [-0.25, -0.2) is 4.39 Å². The minimum atomic E-state index is -0.513. The number of nitrogens with one attached hydrogen (secondary N) is 2. The molecule has 0 atom stereocenters. The number of nitro groups is 1. The Morgan fingerprint density at radius 2 is 1.76 bits per heavy atom. The number of carbonyl (C=O) groups excluding carboxylic acids is 2. The van der Waals surface area contributed by atoms with Gasteiger partial charge in [-0.3, -0.25) is 24.6 Å². The van der Waals surface area contributed by atoms with Gasteiger partial charge in [-0.2, -0.15) is 0 Å². The first-order chi connectivity index (χ1) is 15.7. The summed E-state index contributed by atoms with van der Waals surface area (Å²) in [6.07, 6.45) is 0. The van der Waals surface area contributed by atoms with Crippen molar-refractivity contribution >= 4 is 40.5 Å². The van der Waals surface area contributed by atoms with Crippen molar-refractivity contribution in [2.24, 2.45) is 0 Å². The largest absolute Gasteiger partial charge is 0.324 e. The van der Waals surface area contributed by atoms with Crippen LogP contribution in [0.2, 0.25) is 5.02 Å². The van der Waals surface area contributed by atoms with Gasteiger partial charge in [0.15, 0.2) is 0 Å². The van der Waals surface area contributed by atoms with Crippen molar-refractivity contribution in [3.63, 3.8) is 0 Å². The molecular formula is C23H20ClFN4O4. The normalized spacial score (nSPS) is 10.7. The van der Waals surface area contributed by atoms with Crippen LogP contribution >= 0.6 is 11.6 Å². The van der Waals surface area contributed by atoms with E-state index in [2.05, 4.69) is 10.6 Å². The van der Waals surface area contributed by atoms with Gasteiger partial charge in [0.25, 0.3) is 11.6 Å². The Morgan fingerprint density at radius 3 is 2.45 bits per heavy atom. The highest BCUT2D eigenvalue weighted by Gasteiger charge is 2.16. The Kier molecular flexibility index (Phi) is 7.70. The van der Waals surface area contributed by atoms with E-state index in [1.54, 1.807) is 36.2 Å². The first-order valence-electron chi connectivity index (χ1n) is 9.80. The summed E-state index contributed by atoms with van der Waals surface area (Å²) < 4.78 is 13.1. The zero-order valence-corrected chi connectivity index (χ0v) is 18.3. The van der Waals surface area contributed by atoms with Gasteiger partial charge in [0.2, 0.25) is 5.91 Å². The van der Waals surface area contributed by atoms with Gasteiger partial charge in [-0.05, 0) is 55.1 Å². The van der Waals surface area contributed by atoms with E-state index in [4.69, 9.17) is 11.6 Å². The molecule has 8 nitrogen and oxygen atoms in total. The second kappa shape index (κ2) is 10.7. The molecule has 0 radical (unpaired) electrons. The van der Waals surface area contributed by atoms with Gasteiger partial charge in [-0.1, -0.05) is 23.7 Å². The molecule has 0 aliphatic carbocycles. The van der Waals surface area contributed by atoms with Crippen LogP contribution in [0.5, 0.6) is 0 Å². The molecule has 0 bridgehead atoms. The molecular weight excluding hydrogens is 451 g/mol. The molecule has 3 aromatic rings. The van der Waals surface area contributed by atoms with E-state index in [0.29, 0.717) is 22.0 Å². The number of anilines is 2. The molecule has 2 amide bonds. The highest BCUT2D eigenvalue weighted by atomic mass is 35.5. The van der Waals surface area contributed by atoms with Crippen molar-refractivity contribution in [2.75, 3.05) is 24.2 Å². The van der Waals surface area contributed by atoms with Crippen molar-refractivity contribution in [1.29, 1.82) is 0 Å². The fourth-order valence-electron chi connectivity index (χ4n) is 3.10. The highest BCUT2D eigenvalue weighted by Crippen LogP contribution is 2.23. The number of nitro benzene ring substituents is 1. The number of rotatable bonds is 8. The van der Waals surface area contributed by atoms with E-state index in [-0.39, 0.29) is 30.2 Å². The first kappa shape index (κ1) is 23.8. The molecule has 0 aliphatic heterocycles. The topological polar surface area (TPSA) is 105 Å². The van der Waals surface area contributed by atoms with E-state index in [0.717, 1.165) is 0 Å². The quantitative estimate of drug-likeness (QED) is 0.366. The van der Waals surface area contributed by atoms with Crippen LogP contribution in [0, 0.1) is 15.9 Å². The number of benzene rings is 3. The zero-order chi connectivity index (χ0) is 24.0. The Morgan fingerprint density at radius 1 is 1.06 bits per heavy atom. The average molecular weight is 471 g/mol. The average Bonchev–Trinajstić information content (AvgIpc) is 2.77. The fourth-order valence-corrected chi connectivity index (χ4v) is 3.28. The maximum Gasteiger partial charge on any atom is 0.269 e. The minimum Gasteiger partial charge on any atom is -0.324 e. The van der Waals surface area contributed by atoms with Crippen LogP contribution in [0.25, 0.3) is 0 Å². The van der Waals surface area contributed by atoms with E-state index in [1.165, 1.54) is 42.5 Å². The van der Waals surface area contributed by atoms with Gasteiger partial charge in [0, 0.05) is 29.4 Å². The number of non-ortho nitro benzene ring substituents is 1. The molecule has 0 unspecified atom stereocenters. The van der Waals surface area contributed by atoms with Gasteiger partial charge in [0.05, 0.1) is 22.7 Å². The molecule has 2 N–H and O–H groups in total. The second-order valence-corrected chi connectivity index (χ2v) is 7.67. The number of likely N-dealkylation sites (N-methyl/N-ethyl adjacent to an activating group) is 1. The lowest BCUT2D eigenvalue weighted by molar-refractivity contribution is -0.384. The van der Waals surface area contributed by atoms with Crippen molar-refractivity contribution in [1.82, 2.24) is 4.90 Å². The molecule has 0 saturated carbocycles. The smallest absolute Gasteiger partial charge is 0.269 e. The molecule has 10 heteroatoms. The molecule has 0 heterocycles. The molecule has 0 fully saturated rings. The molecule has 33 heavy (non-hydrogen) atoms. The number of amides is 2. The SMILES string of the molecule is CN(CC(=O)Nc1ccccc1C(=O)Nc1ccc(F)cc1)Cc1cc([N+](=O)[O-])ccc1Cl. The summed E-state index contributed by atoms with van der Waals surface area (Å²) >= 11 is 6.13. The standard InChI is InChI=1S/C23H20ClFN4O4/c1-28(13-15-12-18(29(32)33)10-11-20(15)24)14-22(30)27-21-5-3-2-4-19(21)23(31)26-17-8-6-16(25)7-9-17/h2-12H,13-14H2,1H3,(H,26,31)(H,27,30). The minimum absolute atomic E-state index is 0.0487.